The predicted molar refractivity (Wildman–Crippen MR) is 49.7 cm³/mol. The van der Waals surface area contributed by atoms with Crippen LogP contribution in [0.4, 0.5) is 5.82 Å². The van der Waals surface area contributed by atoms with Crippen LogP contribution in [-0.2, 0) is 13.5 Å². The minimum atomic E-state index is 0.425. The predicted octanol–water partition coefficient (Wildman–Crippen LogP) is -0.235. The molecule has 0 bridgehead atoms. The largest absolute Gasteiger partial charge is 0.383 e. The zero-order valence-electron chi connectivity index (χ0n) is 7.62. The molecule has 1 aromatic rings. The maximum atomic E-state index is 8.80. The average molecular weight is 179 g/mol. The number of aryl methyl sites for hydroxylation is 2. The van der Waals surface area contributed by atoms with Crippen LogP contribution in [0.15, 0.2) is 0 Å². The van der Waals surface area contributed by atoms with Crippen molar-refractivity contribution in [3.63, 3.8) is 0 Å². The molecule has 0 aromatic carbocycles. The van der Waals surface area contributed by atoms with Crippen molar-refractivity contribution in [2.45, 2.75) is 12.8 Å². The van der Waals surface area contributed by atoms with E-state index in [1.165, 1.54) is 4.68 Å². The van der Waals surface area contributed by atoms with Crippen LogP contribution in [0.1, 0.15) is 17.7 Å². The first-order chi connectivity index (χ1) is 6.20. The number of rotatable bonds is 3. The first-order valence-corrected chi connectivity index (χ1v) is 4.12. The van der Waals surface area contributed by atoms with Gasteiger partial charge >= 0.3 is 0 Å². The molecule has 0 aliphatic carbocycles. The van der Waals surface area contributed by atoms with Gasteiger partial charge in [-0.05, 0) is 19.4 Å². The highest BCUT2D eigenvalue weighted by atomic mass is 15.3. The molecule has 1 rings (SSSR count). The molecule has 0 spiro atoms. The number of nitrogens with zero attached hydrogens (tertiary/aromatic N) is 3. The zero-order chi connectivity index (χ0) is 9.84. The number of aromatic nitrogens is 2. The lowest BCUT2D eigenvalue weighted by atomic mass is 10.1. The zero-order valence-corrected chi connectivity index (χ0v) is 7.62. The van der Waals surface area contributed by atoms with Gasteiger partial charge in [-0.25, -0.2) is 0 Å². The Morgan fingerprint density at radius 2 is 2.31 bits per heavy atom. The van der Waals surface area contributed by atoms with Crippen molar-refractivity contribution in [1.82, 2.24) is 9.78 Å². The Kier molecular flexibility index (Phi) is 2.88. The van der Waals surface area contributed by atoms with Gasteiger partial charge in [0.1, 0.15) is 17.5 Å². The van der Waals surface area contributed by atoms with E-state index in [0.29, 0.717) is 24.3 Å². The van der Waals surface area contributed by atoms with Crippen LogP contribution in [0.25, 0.3) is 0 Å². The van der Waals surface area contributed by atoms with E-state index >= 15 is 0 Å². The highest BCUT2D eigenvalue weighted by Gasteiger charge is 2.11. The van der Waals surface area contributed by atoms with E-state index in [4.69, 9.17) is 16.7 Å². The second-order valence-corrected chi connectivity index (χ2v) is 2.83. The fourth-order valence-corrected chi connectivity index (χ4v) is 1.16. The molecule has 1 heterocycles. The van der Waals surface area contributed by atoms with Gasteiger partial charge in [0.25, 0.3) is 0 Å². The van der Waals surface area contributed by atoms with Crippen LogP contribution in [-0.4, -0.2) is 16.3 Å². The maximum absolute atomic E-state index is 8.80. The monoisotopic (exact) mass is 179 g/mol. The molecule has 5 nitrogen and oxygen atoms in total. The third-order valence-electron chi connectivity index (χ3n) is 1.89. The van der Waals surface area contributed by atoms with Gasteiger partial charge in [0.05, 0.1) is 5.69 Å². The van der Waals surface area contributed by atoms with Crippen LogP contribution >= 0.6 is 0 Å². The van der Waals surface area contributed by atoms with Crippen LogP contribution in [0.3, 0.4) is 0 Å². The second-order valence-electron chi connectivity index (χ2n) is 2.83. The number of hydrogen-bond acceptors (Lipinski definition) is 4. The first kappa shape index (κ1) is 9.55. The maximum Gasteiger partial charge on any atom is 0.139 e. The van der Waals surface area contributed by atoms with E-state index in [1.807, 2.05) is 6.07 Å². The summed E-state index contributed by atoms with van der Waals surface area (Å²) in [6.45, 7) is 0.599. The third kappa shape index (κ3) is 1.79. The van der Waals surface area contributed by atoms with Gasteiger partial charge in [0.2, 0.25) is 0 Å². The Morgan fingerprint density at radius 1 is 1.62 bits per heavy atom. The minimum Gasteiger partial charge on any atom is -0.383 e. The van der Waals surface area contributed by atoms with E-state index in [1.54, 1.807) is 7.05 Å². The summed E-state index contributed by atoms with van der Waals surface area (Å²) in [5, 5.41) is 12.9. The molecule has 0 aliphatic rings. The Hall–Kier alpha value is -1.54. The topological polar surface area (TPSA) is 93.6 Å². The molecule has 13 heavy (non-hydrogen) atoms. The van der Waals surface area contributed by atoms with Crippen LogP contribution < -0.4 is 11.5 Å². The number of anilines is 1. The summed E-state index contributed by atoms with van der Waals surface area (Å²) in [5.74, 6) is 0.425. The molecule has 0 saturated carbocycles. The van der Waals surface area contributed by atoms with Crippen molar-refractivity contribution in [3.05, 3.63) is 11.3 Å². The lowest BCUT2D eigenvalue weighted by molar-refractivity contribution is 0.729. The van der Waals surface area contributed by atoms with Crippen molar-refractivity contribution in [2.75, 3.05) is 12.3 Å². The van der Waals surface area contributed by atoms with Gasteiger partial charge in [-0.2, -0.15) is 10.4 Å². The number of nitrogen functional groups attached to an aromatic ring is 1. The van der Waals surface area contributed by atoms with E-state index in [2.05, 4.69) is 5.10 Å². The van der Waals surface area contributed by atoms with Crippen LogP contribution in [0, 0.1) is 11.3 Å². The SMILES string of the molecule is Cn1nc(CCCN)c(C#N)c1N. The fourth-order valence-electron chi connectivity index (χ4n) is 1.16. The Labute approximate surface area is 76.9 Å². The van der Waals surface area contributed by atoms with Crippen LogP contribution in [0.2, 0.25) is 0 Å². The van der Waals surface area contributed by atoms with E-state index in [-0.39, 0.29) is 0 Å². The molecule has 0 amide bonds. The highest BCUT2D eigenvalue weighted by molar-refractivity contribution is 5.51. The molecule has 4 N–H and O–H groups in total. The standard InChI is InChI=1S/C8H13N5/c1-13-8(11)6(5-10)7(12-13)3-2-4-9/h2-4,9,11H2,1H3. The van der Waals surface area contributed by atoms with Gasteiger partial charge in [-0.15, -0.1) is 0 Å². The summed E-state index contributed by atoms with van der Waals surface area (Å²) in [4.78, 5) is 0. The lowest BCUT2D eigenvalue weighted by Crippen LogP contribution is -2.01. The summed E-state index contributed by atoms with van der Waals surface area (Å²) in [6, 6.07) is 2.04. The molecule has 5 heteroatoms. The molecular formula is C8H13N5. The van der Waals surface area contributed by atoms with Gasteiger partial charge in [-0.3, -0.25) is 4.68 Å². The summed E-state index contributed by atoms with van der Waals surface area (Å²) in [7, 11) is 1.72. The molecule has 0 radical (unpaired) electrons. The van der Waals surface area contributed by atoms with E-state index in [0.717, 1.165) is 12.1 Å². The van der Waals surface area contributed by atoms with Gasteiger partial charge in [0, 0.05) is 7.05 Å². The minimum absolute atomic E-state index is 0.425. The van der Waals surface area contributed by atoms with Crippen molar-refractivity contribution in [3.8, 4) is 6.07 Å². The van der Waals surface area contributed by atoms with Gasteiger partial charge < -0.3 is 11.5 Å². The fraction of sp³-hybridized carbons (Fsp3) is 0.500. The number of nitrogens with two attached hydrogens (primary N) is 2. The first-order valence-electron chi connectivity index (χ1n) is 4.12. The summed E-state index contributed by atoms with van der Waals surface area (Å²) in [6.07, 6.45) is 1.54. The number of nitriles is 1. The van der Waals surface area contributed by atoms with Gasteiger partial charge in [0.15, 0.2) is 0 Å². The number of hydrogen-bond donors (Lipinski definition) is 2. The average Bonchev–Trinajstić information content (AvgIpc) is 2.39. The molecule has 0 saturated heterocycles. The smallest absolute Gasteiger partial charge is 0.139 e. The van der Waals surface area contributed by atoms with Crippen molar-refractivity contribution in [1.29, 1.82) is 5.26 Å². The highest BCUT2D eigenvalue weighted by Crippen LogP contribution is 2.15. The molecule has 0 aliphatic heterocycles. The van der Waals surface area contributed by atoms with Crippen molar-refractivity contribution in [2.24, 2.45) is 12.8 Å². The Bertz CT molecular complexity index is 333. The molecule has 0 unspecified atom stereocenters. The Balaban J connectivity index is 2.94. The normalized spacial score (nSPS) is 9.92. The van der Waals surface area contributed by atoms with Crippen LogP contribution in [0.5, 0.6) is 0 Å². The quantitative estimate of drug-likeness (QED) is 0.670. The molecule has 0 atom stereocenters. The molecular weight excluding hydrogens is 166 g/mol. The van der Waals surface area contributed by atoms with Crippen molar-refractivity contribution >= 4 is 5.82 Å². The summed E-state index contributed by atoms with van der Waals surface area (Å²) in [5.41, 5.74) is 12.2. The second kappa shape index (κ2) is 3.92. The molecule has 0 fully saturated rings. The third-order valence-corrected chi connectivity index (χ3v) is 1.89. The summed E-state index contributed by atoms with van der Waals surface area (Å²) < 4.78 is 1.52. The Morgan fingerprint density at radius 3 is 2.85 bits per heavy atom. The van der Waals surface area contributed by atoms with Crippen molar-refractivity contribution < 1.29 is 0 Å². The summed E-state index contributed by atoms with van der Waals surface area (Å²) >= 11 is 0. The van der Waals surface area contributed by atoms with Gasteiger partial charge in [-0.1, -0.05) is 0 Å². The molecule has 70 valence electrons. The van der Waals surface area contributed by atoms with E-state index in [9.17, 15) is 0 Å². The lowest BCUT2D eigenvalue weighted by Gasteiger charge is -1.92. The van der Waals surface area contributed by atoms with E-state index < -0.39 is 0 Å². The molecule has 1 aromatic heterocycles.